The molecule has 25 heavy (non-hydrogen) atoms. The third kappa shape index (κ3) is 4.91. The Morgan fingerprint density at radius 1 is 1.40 bits per heavy atom. The zero-order valence-corrected chi connectivity index (χ0v) is 13.6. The fraction of sp³-hybridized carbons (Fsp3) is 0.438. The molecule has 0 radical (unpaired) electrons. The number of carbonyl (C=O) groups is 2. The van der Waals surface area contributed by atoms with Gasteiger partial charge in [-0.25, -0.2) is 4.79 Å². The van der Waals surface area contributed by atoms with Crippen molar-refractivity contribution in [2.75, 3.05) is 13.2 Å². The van der Waals surface area contributed by atoms with E-state index < -0.39 is 35.6 Å². The molecule has 0 unspecified atom stereocenters. The van der Waals surface area contributed by atoms with Crippen LogP contribution in [0.3, 0.4) is 0 Å². The molecule has 1 saturated carbocycles. The Morgan fingerprint density at radius 3 is 2.68 bits per heavy atom. The second kappa shape index (κ2) is 7.61. The van der Waals surface area contributed by atoms with Crippen molar-refractivity contribution in [2.24, 2.45) is 5.92 Å². The number of nitrogens with one attached hydrogen (secondary N) is 1. The second-order valence-corrected chi connectivity index (χ2v) is 5.81. The zero-order valence-electron chi connectivity index (χ0n) is 13.6. The lowest BCUT2D eigenvalue weighted by Crippen LogP contribution is -2.48. The van der Waals surface area contributed by atoms with Crippen LogP contribution in [-0.2, 0) is 14.3 Å². The van der Waals surface area contributed by atoms with E-state index in [1.54, 1.807) is 6.92 Å². The van der Waals surface area contributed by atoms with Crippen LogP contribution in [0, 0.1) is 27.4 Å². The Labute approximate surface area is 143 Å². The van der Waals surface area contributed by atoms with E-state index in [9.17, 15) is 19.7 Å². The van der Waals surface area contributed by atoms with Crippen molar-refractivity contribution in [3.8, 4) is 11.8 Å². The van der Waals surface area contributed by atoms with Gasteiger partial charge in [0.25, 0.3) is 5.91 Å². The van der Waals surface area contributed by atoms with Gasteiger partial charge >= 0.3 is 11.7 Å². The highest BCUT2D eigenvalue weighted by molar-refractivity contribution is 5.82. The predicted octanol–water partition coefficient (Wildman–Crippen LogP) is 1.33. The minimum absolute atomic E-state index is 0.0697. The Balaban J connectivity index is 1.78. The second-order valence-electron chi connectivity index (χ2n) is 5.81. The van der Waals surface area contributed by atoms with Gasteiger partial charge in [-0.15, -0.1) is 0 Å². The average molecular weight is 347 g/mol. The molecule has 132 valence electrons. The van der Waals surface area contributed by atoms with Crippen LogP contribution in [0.15, 0.2) is 24.3 Å². The molecule has 0 spiro atoms. The number of nitro benzene ring substituents is 1. The lowest BCUT2D eigenvalue weighted by atomic mass is 9.98. The summed E-state index contributed by atoms with van der Waals surface area (Å²) in [6, 6.07) is 7.66. The molecule has 1 N–H and O–H groups in total. The number of para-hydroxylation sites is 2. The normalized spacial score (nSPS) is 15.4. The van der Waals surface area contributed by atoms with Crippen LogP contribution < -0.4 is 10.1 Å². The van der Waals surface area contributed by atoms with Crippen LogP contribution in [-0.4, -0.2) is 35.6 Å². The summed E-state index contributed by atoms with van der Waals surface area (Å²) < 4.78 is 9.82. The summed E-state index contributed by atoms with van der Waals surface area (Å²) in [6.45, 7) is 0.501. The summed E-state index contributed by atoms with van der Waals surface area (Å²) in [5.74, 6) is -1.40. The first-order valence-corrected chi connectivity index (χ1v) is 7.60. The number of nitro groups is 1. The first-order chi connectivity index (χ1) is 11.9. The smallest absolute Gasteiger partial charge is 0.344 e. The van der Waals surface area contributed by atoms with Crippen LogP contribution in [0.5, 0.6) is 5.75 Å². The third-order valence-electron chi connectivity index (χ3n) is 3.80. The molecule has 0 bridgehead atoms. The maximum Gasteiger partial charge on any atom is 0.344 e. The van der Waals surface area contributed by atoms with E-state index in [2.05, 4.69) is 11.4 Å². The molecule has 0 aliphatic heterocycles. The standard InChI is InChI=1S/C16H17N3O6/c1-16(10-17,11-6-7-11)18-14(20)8-25-15(21)9-24-13-5-3-2-4-12(13)19(22)23/h2-5,11H,6-9H2,1H3,(H,18,20)/t16-/m0/s1. The van der Waals surface area contributed by atoms with Crippen molar-refractivity contribution in [2.45, 2.75) is 25.3 Å². The molecule has 2 rings (SSSR count). The summed E-state index contributed by atoms with van der Waals surface area (Å²) in [6.07, 6.45) is 1.74. The number of nitriles is 1. The molecular formula is C16H17N3O6. The van der Waals surface area contributed by atoms with Crippen LogP contribution >= 0.6 is 0 Å². The number of esters is 1. The van der Waals surface area contributed by atoms with Crippen molar-refractivity contribution in [1.82, 2.24) is 5.32 Å². The number of hydrogen-bond donors (Lipinski definition) is 1. The monoisotopic (exact) mass is 347 g/mol. The fourth-order valence-electron chi connectivity index (χ4n) is 2.26. The SMILES string of the molecule is C[C@@](C#N)(NC(=O)COC(=O)COc1ccccc1[N+](=O)[O-])C1CC1. The lowest BCUT2D eigenvalue weighted by Gasteiger charge is -2.22. The summed E-state index contributed by atoms with van der Waals surface area (Å²) in [5, 5.41) is 22.5. The molecule has 1 aromatic carbocycles. The van der Waals surface area contributed by atoms with Crippen molar-refractivity contribution in [1.29, 1.82) is 5.26 Å². The minimum atomic E-state index is -0.968. The van der Waals surface area contributed by atoms with Gasteiger partial charge in [-0.2, -0.15) is 5.26 Å². The maximum atomic E-state index is 11.8. The number of carbonyl (C=O) groups excluding carboxylic acids is 2. The molecule has 9 nitrogen and oxygen atoms in total. The first kappa shape index (κ1) is 18.2. The van der Waals surface area contributed by atoms with E-state index in [1.165, 1.54) is 24.3 Å². The van der Waals surface area contributed by atoms with Gasteiger partial charge in [0, 0.05) is 6.07 Å². The van der Waals surface area contributed by atoms with Gasteiger partial charge in [0.15, 0.2) is 19.0 Å². The maximum absolute atomic E-state index is 11.8. The summed E-state index contributed by atoms with van der Waals surface area (Å²) in [5.41, 5.74) is -1.24. The number of rotatable bonds is 8. The van der Waals surface area contributed by atoms with E-state index in [-0.39, 0.29) is 17.4 Å². The van der Waals surface area contributed by atoms with E-state index in [1.807, 2.05) is 0 Å². The highest BCUT2D eigenvalue weighted by atomic mass is 16.6. The number of hydrogen-bond acceptors (Lipinski definition) is 7. The number of nitrogens with zero attached hydrogens (tertiary/aromatic N) is 2. The number of amides is 1. The molecule has 1 atom stereocenters. The highest BCUT2D eigenvalue weighted by Gasteiger charge is 2.43. The summed E-state index contributed by atoms with van der Waals surface area (Å²) in [4.78, 5) is 33.6. The van der Waals surface area contributed by atoms with Crippen LogP contribution in [0.25, 0.3) is 0 Å². The van der Waals surface area contributed by atoms with Crippen LogP contribution in [0.1, 0.15) is 19.8 Å². The molecule has 0 saturated heterocycles. The third-order valence-corrected chi connectivity index (χ3v) is 3.80. The van der Waals surface area contributed by atoms with Gasteiger partial charge in [-0.05, 0) is 31.7 Å². The quantitative estimate of drug-likeness (QED) is 0.426. The van der Waals surface area contributed by atoms with Crippen LogP contribution in [0.2, 0.25) is 0 Å². The number of ether oxygens (including phenoxy) is 2. The van der Waals surface area contributed by atoms with Crippen molar-refractivity contribution >= 4 is 17.6 Å². The summed E-state index contributed by atoms with van der Waals surface area (Å²) >= 11 is 0. The Morgan fingerprint density at radius 2 is 2.08 bits per heavy atom. The first-order valence-electron chi connectivity index (χ1n) is 7.60. The molecule has 0 heterocycles. The van der Waals surface area contributed by atoms with Gasteiger partial charge < -0.3 is 14.8 Å². The molecule has 1 fully saturated rings. The van der Waals surface area contributed by atoms with Gasteiger partial charge in [0.1, 0.15) is 5.54 Å². The molecule has 1 aliphatic rings. The van der Waals surface area contributed by atoms with Crippen molar-refractivity contribution < 1.29 is 24.0 Å². The largest absolute Gasteiger partial charge is 0.475 e. The molecule has 9 heteroatoms. The molecular weight excluding hydrogens is 330 g/mol. The topological polar surface area (TPSA) is 132 Å². The molecule has 1 aliphatic carbocycles. The van der Waals surface area contributed by atoms with E-state index in [0.29, 0.717) is 0 Å². The van der Waals surface area contributed by atoms with Gasteiger partial charge in [-0.3, -0.25) is 14.9 Å². The van der Waals surface area contributed by atoms with E-state index >= 15 is 0 Å². The molecule has 1 aromatic rings. The summed E-state index contributed by atoms with van der Waals surface area (Å²) in [7, 11) is 0. The van der Waals surface area contributed by atoms with Gasteiger partial charge in [-0.1, -0.05) is 12.1 Å². The fourth-order valence-corrected chi connectivity index (χ4v) is 2.26. The zero-order chi connectivity index (χ0) is 18.4. The molecule has 0 aromatic heterocycles. The lowest BCUT2D eigenvalue weighted by molar-refractivity contribution is -0.385. The average Bonchev–Trinajstić information content (AvgIpc) is 3.43. The van der Waals surface area contributed by atoms with Gasteiger partial charge in [0.2, 0.25) is 0 Å². The Kier molecular flexibility index (Phi) is 5.54. The van der Waals surface area contributed by atoms with E-state index in [4.69, 9.17) is 14.7 Å². The van der Waals surface area contributed by atoms with Crippen molar-refractivity contribution in [3.63, 3.8) is 0 Å². The Hall–Kier alpha value is -3.15. The van der Waals surface area contributed by atoms with Crippen LogP contribution in [0.4, 0.5) is 5.69 Å². The van der Waals surface area contributed by atoms with Crippen molar-refractivity contribution in [3.05, 3.63) is 34.4 Å². The predicted molar refractivity (Wildman–Crippen MR) is 84.4 cm³/mol. The van der Waals surface area contributed by atoms with Gasteiger partial charge in [0.05, 0.1) is 11.0 Å². The Bertz CT molecular complexity index is 725. The molecule has 1 amide bonds. The highest BCUT2D eigenvalue weighted by Crippen LogP contribution is 2.39. The minimum Gasteiger partial charge on any atom is -0.475 e. The van der Waals surface area contributed by atoms with E-state index in [0.717, 1.165) is 12.8 Å². The number of benzene rings is 1.